The fourth-order valence-corrected chi connectivity index (χ4v) is 3.20. The highest BCUT2D eigenvalue weighted by Crippen LogP contribution is 2.43. The van der Waals surface area contributed by atoms with Crippen molar-refractivity contribution in [2.45, 2.75) is 57.1 Å². The molecular formula is C14H23NO4. The van der Waals surface area contributed by atoms with Gasteiger partial charge in [0.1, 0.15) is 0 Å². The normalized spacial score (nSPS) is 39.5. The Morgan fingerprint density at radius 3 is 2.74 bits per heavy atom. The molecule has 0 aromatic carbocycles. The Hall–Kier alpha value is -0.460. The lowest BCUT2D eigenvalue weighted by molar-refractivity contribution is -0.204. The van der Waals surface area contributed by atoms with Crippen molar-refractivity contribution in [1.29, 1.82) is 0 Å². The molecule has 1 aliphatic carbocycles. The minimum Gasteiger partial charge on any atom is -0.378 e. The SMILES string of the molecule is C[C@@H]1OC2(CCCC=C2C2COCCN2O)O[C@H]1C. The number of hydroxylamine groups is 2. The third-order valence-corrected chi connectivity index (χ3v) is 4.39. The minimum absolute atomic E-state index is 0.0816. The molecule has 0 saturated carbocycles. The van der Waals surface area contributed by atoms with E-state index in [0.29, 0.717) is 19.8 Å². The smallest absolute Gasteiger partial charge is 0.193 e. The summed E-state index contributed by atoms with van der Waals surface area (Å²) in [6.45, 7) is 5.68. The molecular weight excluding hydrogens is 246 g/mol. The van der Waals surface area contributed by atoms with E-state index in [9.17, 15) is 5.21 Å². The number of hydrogen-bond acceptors (Lipinski definition) is 5. The molecule has 108 valence electrons. The molecule has 5 heteroatoms. The zero-order chi connectivity index (χ0) is 13.5. The van der Waals surface area contributed by atoms with Gasteiger partial charge in [-0.15, -0.1) is 0 Å². The summed E-state index contributed by atoms with van der Waals surface area (Å²) in [4.78, 5) is 0. The van der Waals surface area contributed by atoms with E-state index >= 15 is 0 Å². The molecule has 0 bridgehead atoms. The molecule has 1 unspecified atom stereocenters. The van der Waals surface area contributed by atoms with Crippen LogP contribution in [0.2, 0.25) is 0 Å². The number of allylic oxidation sites excluding steroid dienone is 1. The van der Waals surface area contributed by atoms with Gasteiger partial charge in [-0.05, 0) is 26.7 Å². The van der Waals surface area contributed by atoms with Crippen LogP contribution in [-0.2, 0) is 14.2 Å². The number of nitrogens with zero attached hydrogens (tertiary/aromatic N) is 1. The summed E-state index contributed by atoms with van der Waals surface area (Å²) in [6.07, 6.45) is 5.25. The van der Waals surface area contributed by atoms with E-state index in [0.717, 1.165) is 24.8 Å². The molecule has 1 spiro atoms. The van der Waals surface area contributed by atoms with Crippen molar-refractivity contribution in [2.24, 2.45) is 0 Å². The molecule has 19 heavy (non-hydrogen) atoms. The fraction of sp³-hybridized carbons (Fsp3) is 0.857. The highest BCUT2D eigenvalue weighted by molar-refractivity contribution is 5.25. The molecule has 0 radical (unpaired) electrons. The number of hydrogen-bond donors (Lipinski definition) is 1. The summed E-state index contributed by atoms with van der Waals surface area (Å²) in [5, 5.41) is 11.5. The first-order valence-corrected chi connectivity index (χ1v) is 7.22. The Kier molecular flexibility index (Phi) is 3.66. The Labute approximate surface area is 114 Å². The summed E-state index contributed by atoms with van der Waals surface area (Å²) >= 11 is 0. The quantitative estimate of drug-likeness (QED) is 0.734. The summed E-state index contributed by atoms with van der Waals surface area (Å²) < 4.78 is 17.8. The van der Waals surface area contributed by atoms with Crippen LogP contribution in [0, 0.1) is 0 Å². The molecule has 2 heterocycles. The molecule has 1 N–H and O–H groups in total. The van der Waals surface area contributed by atoms with Gasteiger partial charge in [-0.2, -0.15) is 5.06 Å². The van der Waals surface area contributed by atoms with E-state index < -0.39 is 5.79 Å². The number of morpholine rings is 1. The van der Waals surface area contributed by atoms with E-state index in [1.54, 1.807) is 0 Å². The van der Waals surface area contributed by atoms with Crippen molar-refractivity contribution >= 4 is 0 Å². The lowest BCUT2D eigenvalue weighted by Crippen LogP contribution is -2.51. The lowest BCUT2D eigenvalue weighted by atomic mass is 9.87. The van der Waals surface area contributed by atoms with E-state index in [1.807, 2.05) is 13.8 Å². The molecule has 2 aliphatic heterocycles. The maximum atomic E-state index is 10.1. The molecule has 0 aromatic rings. The molecule has 2 saturated heterocycles. The summed E-state index contributed by atoms with van der Waals surface area (Å²) in [7, 11) is 0. The topological polar surface area (TPSA) is 51.2 Å². The van der Waals surface area contributed by atoms with E-state index in [1.165, 1.54) is 5.06 Å². The van der Waals surface area contributed by atoms with Gasteiger partial charge in [-0.3, -0.25) is 0 Å². The molecule has 3 rings (SSSR count). The van der Waals surface area contributed by atoms with Crippen molar-refractivity contribution in [3.05, 3.63) is 11.6 Å². The van der Waals surface area contributed by atoms with Crippen LogP contribution in [0.4, 0.5) is 0 Å². The summed E-state index contributed by atoms with van der Waals surface area (Å²) in [5.41, 5.74) is 1.04. The first-order chi connectivity index (χ1) is 9.12. The van der Waals surface area contributed by atoms with Crippen LogP contribution in [-0.4, -0.2) is 54.1 Å². The highest BCUT2D eigenvalue weighted by Gasteiger charge is 2.50. The van der Waals surface area contributed by atoms with Gasteiger partial charge in [0.25, 0.3) is 0 Å². The fourth-order valence-electron chi connectivity index (χ4n) is 3.20. The third kappa shape index (κ3) is 2.34. The van der Waals surface area contributed by atoms with Crippen molar-refractivity contribution in [3.8, 4) is 0 Å². The molecule has 2 fully saturated rings. The second kappa shape index (κ2) is 5.14. The van der Waals surface area contributed by atoms with Crippen LogP contribution >= 0.6 is 0 Å². The van der Waals surface area contributed by atoms with Crippen LogP contribution in [0.1, 0.15) is 33.1 Å². The second-order valence-corrected chi connectivity index (χ2v) is 5.70. The highest BCUT2D eigenvalue weighted by atomic mass is 16.8. The van der Waals surface area contributed by atoms with Crippen molar-refractivity contribution < 1.29 is 19.4 Å². The zero-order valence-electron chi connectivity index (χ0n) is 11.7. The maximum absolute atomic E-state index is 10.1. The predicted octanol–water partition coefficient (Wildman–Crippen LogP) is 1.71. The van der Waals surface area contributed by atoms with Crippen molar-refractivity contribution in [1.82, 2.24) is 5.06 Å². The Balaban J connectivity index is 1.87. The van der Waals surface area contributed by atoms with Crippen molar-refractivity contribution in [3.63, 3.8) is 0 Å². The van der Waals surface area contributed by atoms with E-state index in [2.05, 4.69) is 6.08 Å². The average molecular weight is 269 g/mol. The second-order valence-electron chi connectivity index (χ2n) is 5.70. The Bertz CT molecular complexity index is 360. The minimum atomic E-state index is -0.649. The number of ether oxygens (including phenoxy) is 3. The predicted molar refractivity (Wildman–Crippen MR) is 68.9 cm³/mol. The average Bonchev–Trinajstić information content (AvgIpc) is 2.67. The van der Waals surface area contributed by atoms with Gasteiger partial charge in [0.2, 0.25) is 0 Å². The van der Waals surface area contributed by atoms with Gasteiger partial charge >= 0.3 is 0 Å². The van der Waals surface area contributed by atoms with Crippen molar-refractivity contribution in [2.75, 3.05) is 19.8 Å². The van der Waals surface area contributed by atoms with E-state index in [-0.39, 0.29) is 18.2 Å². The standard InChI is InChI=1S/C14H23NO4/c1-10-11(2)19-14(18-10)6-4-3-5-12(14)13-9-17-8-7-15(13)16/h5,10-11,13,16H,3-4,6-9H2,1-2H3/t10-,11-,13?/m0/s1. The lowest BCUT2D eigenvalue weighted by Gasteiger charge is -2.41. The third-order valence-electron chi connectivity index (χ3n) is 4.39. The van der Waals surface area contributed by atoms with E-state index in [4.69, 9.17) is 14.2 Å². The summed E-state index contributed by atoms with van der Waals surface area (Å²) in [6, 6.07) is -0.147. The van der Waals surface area contributed by atoms with Crippen LogP contribution in [0.3, 0.4) is 0 Å². The van der Waals surface area contributed by atoms with Gasteiger partial charge < -0.3 is 19.4 Å². The van der Waals surface area contributed by atoms with Gasteiger partial charge in [0, 0.05) is 18.5 Å². The molecule has 3 atom stereocenters. The molecule has 5 nitrogen and oxygen atoms in total. The molecule has 0 amide bonds. The summed E-state index contributed by atoms with van der Waals surface area (Å²) in [5.74, 6) is -0.649. The zero-order valence-corrected chi connectivity index (χ0v) is 11.7. The Morgan fingerprint density at radius 2 is 2.05 bits per heavy atom. The molecule has 3 aliphatic rings. The van der Waals surface area contributed by atoms with Gasteiger partial charge in [-0.1, -0.05) is 6.08 Å². The first kappa shape index (κ1) is 13.5. The van der Waals surface area contributed by atoms with Crippen LogP contribution in [0.25, 0.3) is 0 Å². The van der Waals surface area contributed by atoms with Crippen LogP contribution < -0.4 is 0 Å². The Morgan fingerprint density at radius 1 is 1.32 bits per heavy atom. The largest absolute Gasteiger partial charge is 0.378 e. The molecule has 0 aromatic heterocycles. The van der Waals surface area contributed by atoms with Crippen LogP contribution in [0.5, 0.6) is 0 Å². The monoisotopic (exact) mass is 269 g/mol. The maximum Gasteiger partial charge on any atom is 0.193 e. The number of rotatable bonds is 1. The van der Waals surface area contributed by atoms with Gasteiger partial charge in [-0.25, -0.2) is 0 Å². The first-order valence-electron chi connectivity index (χ1n) is 7.22. The van der Waals surface area contributed by atoms with Crippen LogP contribution in [0.15, 0.2) is 11.6 Å². The van der Waals surface area contributed by atoms with Gasteiger partial charge in [0.05, 0.1) is 31.5 Å². The van der Waals surface area contributed by atoms with Gasteiger partial charge in [0.15, 0.2) is 5.79 Å².